The van der Waals surface area contributed by atoms with Crippen LogP contribution in [0.4, 0.5) is 0 Å². The van der Waals surface area contributed by atoms with E-state index in [1.807, 2.05) is 13.8 Å². The predicted molar refractivity (Wildman–Crippen MR) is 170 cm³/mol. The van der Waals surface area contributed by atoms with E-state index in [2.05, 4.69) is 52.0 Å². The first-order valence-electron chi connectivity index (χ1n) is 13.8. The molecule has 0 bridgehead atoms. The Hall–Kier alpha value is -3.36. The monoisotopic (exact) mass is 588 g/mol. The molecule has 1 atom stereocenters. The number of nitrogens with two attached hydrogens (primary N) is 2. The highest BCUT2D eigenvalue weighted by Gasteiger charge is 2.57. The summed E-state index contributed by atoms with van der Waals surface area (Å²) in [5.41, 5.74) is 20.0. The van der Waals surface area contributed by atoms with Gasteiger partial charge in [-0.15, -0.1) is 0 Å². The van der Waals surface area contributed by atoms with Gasteiger partial charge in [0.2, 0.25) is 0 Å². The van der Waals surface area contributed by atoms with Crippen molar-refractivity contribution in [2.45, 2.75) is 70.6 Å². The zero-order chi connectivity index (χ0) is 29.8. The average Bonchev–Trinajstić information content (AvgIpc) is 3.24. The second-order valence-corrected chi connectivity index (χ2v) is 13.8. The third-order valence-electron chi connectivity index (χ3n) is 9.47. The molecule has 1 spiro atoms. The summed E-state index contributed by atoms with van der Waals surface area (Å²) in [7, 11) is 3.37. The summed E-state index contributed by atoms with van der Waals surface area (Å²) >= 11 is 10.9. The number of hydrogen-bond donors (Lipinski definition) is 2. The minimum atomic E-state index is -0.241. The van der Waals surface area contributed by atoms with Crippen molar-refractivity contribution in [3.05, 3.63) is 68.8 Å². The Morgan fingerprint density at radius 1 is 0.683 bits per heavy atom. The van der Waals surface area contributed by atoms with Gasteiger partial charge in [0.25, 0.3) is 0 Å². The maximum Gasteiger partial charge on any atom is 0.181 e. The quantitative estimate of drug-likeness (QED) is 0.243. The molecule has 3 aliphatic rings. The second-order valence-electron chi connectivity index (χ2n) is 12.9. The molecule has 0 aromatic heterocycles. The molecular formula is C33H36N2O4S2. The zero-order valence-electron chi connectivity index (χ0n) is 24.8. The molecule has 0 saturated heterocycles. The third kappa shape index (κ3) is 3.73. The predicted octanol–water partition coefficient (Wildman–Crippen LogP) is 7.14. The fourth-order valence-electron chi connectivity index (χ4n) is 7.75. The molecule has 41 heavy (non-hydrogen) atoms. The first-order chi connectivity index (χ1) is 19.2. The van der Waals surface area contributed by atoms with Gasteiger partial charge in [0, 0.05) is 5.41 Å². The first kappa shape index (κ1) is 27.8. The highest BCUT2D eigenvalue weighted by molar-refractivity contribution is 7.81. The van der Waals surface area contributed by atoms with Crippen molar-refractivity contribution in [1.82, 2.24) is 0 Å². The summed E-state index contributed by atoms with van der Waals surface area (Å²) in [5.74, 6) is 3.65. The summed E-state index contributed by atoms with van der Waals surface area (Å²) < 4.78 is 24.7. The number of hydrogen-bond acceptors (Lipinski definition) is 6. The highest BCUT2D eigenvalue weighted by Crippen LogP contribution is 2.65. The zero-order valence-corrected chi connectivity index (χ0v) is 26.5. The normalized spacial score (nSPS) is 20.3. The van der Waals surface area contributed by atoms with E-state index in [9.17, 15) is 0 Å². The summed E-state index contributed by atoms with van der Waals surface area (Å²) in [5, 5.41) is 0. The Morgan fingerprint density at radius 2 is 1.05 bits per heavy atom. The standard InChI is InChI=1S/C33H36N2O4S2/c1-15-16(2)26(30(35)41)28-27(25(15)29(34)40)38-23-10-18-20(12-24(23)39-28)33(14-32(18,5)6)13-31(3,4)17-9-21(36-7)22(37-8)11-19(17)33/h9-12H,13-14H2,1-8H3,(H2,34,40)(H2,35,41). The molecule has 3 aromatic rings. The lowest BCUT2D eigenvalue weighted by Gasteiger charge is -2.31. The molecule has 6 nitrogen and oxygen atoms in total. The Bertz CT molecular complexity index is 1710. The number of ether oxygens (including phenoxy) is 4. The second kappa shape index (κ2) is 8.82. The lowest BCUT2D eigenvalue weighted by molar-refractivity contribution is 0.347. The Kier molecular flexibility index (Phi) is 5.98. The van der Waals surface area contributed by atoms with Crippen LogP contribution < -0.4 is 30.4 Å². The molecule has 2 aliphatic carbocycles. The van der Waals surface area contributed by atoms with Crippen molar-refractivity contribution in [2.24, 2.45) is 11.5 Å². The molecule has 0 amide bonds. The molecule has 0 saturated carbocycles. The molecular weight excluding hydrogens is 553 g/mol. The number of methoxy groups -OCH3 is 2. The van der Waals surface area contributed by atoms with Gasteiger partial charge >= 0.3 is 0 Å². The van der Waals surface area contributed by atoms with Crippen LogP contribution in [0.5, 0.6) is 34.5 Å². The van der Waals surface area contributed by atoms with Gasteiger partial charge in [-0.1, -0.05) is 52.1 Å². The van der Waals surface area contributed by atoms with Crippen molar-refractivity contribution in [1.29, 1.82) is 0 Å². The van der Waals surface area contributed by atoms with E-state index in [0.29, 0.717) is 34.1 Å². The Morgan fingerprint density at radius 3 is 1.46 bits per heavy atom. The van der Waals surface area contributed by atoms with Crippen LogP contribution >= 0.6 is 24.4 Å². The SMILES string of the molecule is COc1cc2c(cc1OC)C1(CC2(C)C)CC(C)(C)c2cc3c(cc21)Oc1c(c(C(N)=S)c(C)c(C)c1C(N)=S)O3. The molecule has 3 aromatic carbocycles. The van der Waals surface area contributed by atoms with Crippen LogP contribution in [0.2, 0.25) is 0 Å². The molecule has 1 heterocycles. The van der Waals surface area contributed by atoms with Crippen molar-refractivity contribution < 1.29 is 18.9 Å². The van der Waals surface area contributed by atoms with Gasteiger partial charge in [-0.25, -0.2) is 0 Å². The average molecular weight is 589 g/mol. The number of rotatable bonds is 4. The number of fused-ring (bicyclic) bond motifs is 6. The van der Waals surface area contributed by atoms with E-state index in [4.69, 9.17) is 54.9 Å². The summed E-state index contributed by atoms with van der Waals surface area (Å²) in [6, 6.07) is 8.61. The van der Waals surface area contributed by atoms with E-state index in [1.165, 1.54) is 22.3 Å². The fraction of sp³-hybridized carbons (Fsp3) is 0.394. The lowest BCUT2D eigenvalue weighted by Crippen LogP contribution is -2.27. The van der Waals surface area contributed by atoms with Crippen LogP contribution in [-0.2, 0) is 16.2 Å². The third-order valence-corrected chi connectivity index (χ3v) is 9.88. The minimum absolute atomic E-state index is 0.0777. The molecule has 214 valence electrons. The van der Waals surface area contributed by atoms with E-state index in [1.54, 1.807) is 14.2 Å². The first-order valence-corrected chi connectivity index (χ1v) is 14.6. The van der Waals surface area contributed by atoms with Crippen molar-refractivity contribution in [3.63, 3.8) is 0 Å². The van der Waals surface area contributed by atoms with E-state index >= 15 is 0 Å². The molecule has 8 heteroatoms. The van der Waals surface area contributed by atoms with Crippen LogP contribution in [0.3, 0.4) is 0 Å². The van der Waals surface area contributed by atoms with Crippen molar-refractivity contribution in [3.8, 4) is 34.5 Å². The minimum Gasteiger partial charge on any atom is -0.493 e. The van der Waals surface area contributed by atoms with E-state index in [-0.39, 0.29) is 26.2 Å². The molecule has 0 fully saturated rings. The van der Waals surface area contributed by atoms with Gasteiger partial charge in [0.15, 0.2) is 34.5 Å². The number of thiocarbonyl (C=S) groups is 2. The maximum absolute atomic E-state index is 6.66. The van der Waals surface area contributed by atoms with Crippen LogP contribution in [0.15, 0.2) is 24.3 Å². The summed E-state index contributed by atoms with van der Waals surface area (Å²) in [6.07, 6.45) is 1.88. The van der Waals surface area contributed by atoms with Crippen LogP contribution in [0.25, 0.3) is 0 Å². The maximum atomic E-state index is 6.66. The summed E-state index contributed by atoms with van der Waals surface area (Å²) in [6.45, 7) is 13.1. The van der Waals surface area contributed by atoms with Crippen molar-refractivity contribution >= 4 is 34.4 Å². The van der Waals surface area contributed by atoms with Gasteiger partial charge in [-0.3, -0.25) is 0 Å². The van der Waals surface area contributed by atoms with Gasteiger partial charge in [-0.05, 0) is 95.2 Å². The van der Waals surface area contributed by atoms with Crippen LogP contribution in [0.1, 0.15) is 85.0 Å². The number of benzene rings is 3. The largest absolute Gasteiger partial charge is 0.493 e. The van der Waals surface area contributed by atoms with Gasteiger partial charge in [-0.2, -0.15) is 0 Å². The highest BCUT2D eigenvalue weighted by atomic mass is 32.1. The smallest absolute Gasteiger partial charge is 0.181 e. The van der Waals surface area contributed by atoms with Crippen LogP contribution in [-0.4, -0.2) is 24.2 Å². The Balaban J connectivity index is 1.60. The topological polar surface area (TPSA) is 89.0 Å². The summed E-state index contributed by atoms with van der Waals surface area (Å²) in [4.78, 5) is 0.465. The molecule has 4 N–H and O–H groups in total. The van der Waals surface area contributed by atoms with Gasteiger partial charge in [0.1, 0.15) is 9.98 Å². The molecule has 1 aliphatic heterocycles. The molecule has 6 rings (SSSR count). The van der Waals surface area contributed by atoms with Crippen molar-refractivity contribution in [2.75, 3.05) is 14.2 Å². The van der Waals surface area contributed by atoms with Gasteiger partial charge in [0.05, 0.1) is 25.3 Å². The van der Waals surface area contributed by atoms with Gasteiger partial charge < -0.3 is 30.4 Å². The molecule has 0 radical (unpaired) electrons. The lowest BCUT2D eigenvalue weighted by atomic mass is 9.72. The Labute approximate surface area is 252 Å². The van der Waals surface area contributed by atoms with Crippen LogP contribution in [0, 0.1) is 13.8 Å². The molecule has 1 unspecified atom stereocenters. The van der Waals surface area contributed by atoms with E-state index in [0.717, 1.165) is 35.5 Å². The fourth-order valence-corrected chi connectivity index (χ4v) is 8.24. The van der Waals surface area contributed by atoms with E-state index < -0.39 is 0 Å².